The summed E-state index contributed by atoms with van der Waals surface area (Å²) in [5, 5.41) is 0. The predicted molar refractivity (Wildman–Crippen MR) is 75.3 cm³/mol. The fraction of sp³-hybridized carbons (Fsp3) is 0.706. The summed E-state index contributed by atoms with van der Waals surface area (Å²) in [5.74, 6) is 1.19. The maximum Gasteiger partial charge on any atom is 0.178 e. The average Bonchev–Trinajstić information content (AvgIpc) is 3.35. The molecule has 6 atom stereocenters. The molecular formula is C17H22O3. The Labute approximate surface area is 120 Å². The van der Waals surface area contributed by atoms with Gasteiger partial charge in [-0.05, 0) is 62.5 Å². The number of carbonyl (C=O) groups excluding carboxylic acids is 1. The molecule has 4 fully saturated rings. The molecule has 2 aliphatic heterocycles. The van der Waals surface area contributed by atoms with E-state index in [2.05, 4.69) is 12.2 Å². The van der Waals surface area contributed by atoms with Gasteiger partial charge in [-0.15, -0.1) is 0 Å². The van der Waals surface area contributed by atoms with Crippen molar-refractivity contribution in [2.24, 2.45) is 11.8 Å². The molecule has 0 amide bonds. The van der Waals surface area contributed by atoms with Crippen LogP contribution in [0.1, 0.15) is 38.5 Å². The first kappa shape index (κ1) is 12.8. The monoisotopic (exact) mass is 274 g/mol. The predicted octanol–water partition coefficient (Wildman–Crippen LogP) is 2.80. The zero-order valence-electron chi connectivity index (χ0n) is 11.7. The fourth-order valence-corrected chi connectivity index (χ4v) is 3.74. The number of allylic oxidation sites excluding steroid dienone is 4. The van der Waals surface area contributed by atoms with E-state index < -0.39 is 0 Å². The Balaban J connectivity index is 1.24. The highest BCUT2D eigenvalue weighted by Crippen LogP contribution is 2.40. The molecule has 4 aliphatic rings. The molecular weight excluding hydrogens is 252 g/mol. The molecule has 0 aromatic heterocycles. The minimum atomic E-state index is 0.127. The van der Waals surface area contributed by atoms with Gasteiger partial charge in [-0.2, -0.15) is 0 Å². The Hall–Kier alpha value is -0.930. The van der Waals surface area contributed by atoms with Gasteiger partial charge in [-0.25, -0.2) is 0 Å². The van der Waals surface area contributed by atoms with Crippen molar-refractivity contribution in [3.8, 4) is 0 Å². The average molecular weight is 274 g/mol. The third-order valence-corrected chi connectivity index (χ3v) is 5.15. The van der Waals surface area contributed by atoms with Gasteiger partial charge in [-0.3, -0.25) is 4.79 Å². The van der Waals surface area contributed by atoms with Gasteiger partial charge in [0.15, 0.2) is 5.78 Å². The standard InChI is InChI=1S/C17H22O3/c18-13(5-1-11-3-7-14-16(9-11)19-14)6-2-12-4-8-15-17(10-12)20-15/h1-2,5-6,11-12,14-17H,3-4,7-10H2. The van der Waals surface area contributed by atoms with E-state index in [0.29, 0.717) is 36.3 Å². The van der Waals surface area contributed by atoms with Crippen LogP contribution in [0.5, 0.6) is 0 Å². The summed E-state index contributed by atoms with van der Waals surface area (Å²) in [4.78, 5) is 11.9. The fourth-order valence-electron chi connectivity index (χ4n) is 3.74. The second-order valence-corrected chi connectivity index (χ2v) is 6.69. The summed E-state index contributed by atoms with van der Waals surface area (Å²) in [6, 6.07) is 0. The topological polar surface area (TPSA) is 42.1 Å². The minimum absolute atomic E-state index is 0.127. The Bertz CT molecular complexity index is 413. The maximum absolute atomic E-state index is 11.9. The van der Waals surface area contributed by atoms with E-state index in [1.807, 2.05) is 0 Å². The highest BCUT2D eigenvalue weighted by Gasteiger charge is 2.43. The summed E-state index contributed by atoms with van der Waals surface area (Å²) in [5.41, 5.74) is 0. The third kappa shape index (κ3) is 2.89. The van der Waals surface area contributed by atoms with Crippen molar-refractivity contribution in [3.05, 3.63) is 24.3 Å². The lowest BCUT2D eigenvalue weighted by Gasteiger charge is -2.14. The van der Waals surface area contributed by atoms with E-state index in [-0.39, 0.29) is 5.78 Å². The van der Waals surface area contributed by atoms with Crippen LogP contribution in [0, 0.1) is 11.8 Å². The largest absolute Gasteiger partial charge is 0.370 e. The lowest BCUT2D eigenvalue weighted by Crippen LogP contribution is -2.12. The number of epoxide rings is 2. The quantitative estimate of drug-likeness (QED) is 0.585. The molecule has 108 valence electrons. The van der Waals surface area contributed by atoms with E-state index in [9.17, 15) is 4.79 Å². The SMILES string of the molecule is O=C(C=CC1CCC2OC2C1)C=CC1CCC2OC2C1. The van der Waals surface area contributed by atoms with Gasteiger partial charge >= 0.3 is 0 Å². The van der Waals surface area contributed by atoms with E-state index in [0.717, 1.165) is 38.5 Å². The summed E-state index contributed by atoms with van der Waals surface area (Å²) < 4.78 is 11.0. The first-order valence-corrected chi connectivity index (χ1v) is 7.99. The molecule has 4 rings (SSSR count). The number of fused-ring (bicyclic) bond motifs is 2. The van der Waals surface area contributed by atoms with Crippen LogP contribution < -0.4 is 0 Å². The molecule has 0 radical (unpaired) electrons. The molecule has 0 N–H and O–H groups in total. The van der Waals surface area contributed by atoms with Gasteiger partial charge < -0.3 is 9.47 Å². The van der Waals surface area contributed by atoms with Crippen LogP contribution in [0.4, 0.5) is 0 Å². The van der Waals surface area contributed by atoms with Crippen LogP contribution in [-0.4, -0.2) is 30.2 Å². The number of hydrogen-bond acceptors (Lipinski definition) is 3. The van der Waals surface area contributed by atoms with Gasteiger partial charge in [-0.1, -0.05) is 12.2 Å². The van der Waals surface area contributed by atoms with Crippen molar-refractivity contribution in [2.75, 3.05) is 0 Å². The van der Waals surface area contributed by atoms with E-state index in [1.54, 1.807) is 12.2 Å². The number of hydrogen-bond donors (Lipinski definition) is 0. The smallest absolute Gasteiger partial charge is 0.178 e. The van der Waals surface area contributed by atoms with Crippen molar-refractivity contribution >= 4 is 5.78 Å². The second kappa shape index (κ2) is 5.12. The highest BCUT2D eigenvalue weighted by molar-refractivity contribution is 5.99. The number of ether oxygens (including phenoxy) is 2. The molecule has 3 heteroatoms. The lowest BCUT2D eigenvalue weighted by atomic mass is 9.88. The molecule has 2 aliphatic carbocycles. The van der Waals surface area contributed by atoms with Crippen molar-refractivity contribution in [2.45, 2.75) is 62.9 Å². The van der Waals surface area contributed by atoms with Crippen LogP contribution in [0.15, 0.2) is 24.3 Å². The van der Waals surface area contributed by atoms with Gasteiger partial charge in [0.1, 0.15) is 0 Å². The van der Waals surface area contributed by atoms with Gasteiger partial charge in [0.25, 0.3) is 0 Å². The van der Waals surface area contributed by atoms with Crippen LogP contribution in [0.3, 0.4) is 0 Å². The third-order valence-electron chi connectivity index (χ3n) is 5.15. The molecule has 6 unspecified atom stereocenters. The molecule has 2 heterocycles. The van der Waals surface area contributed by atoms with Gasteiger partial charge in [0.05, 0.1) is 24.4 Å². The number of carbonyl (C=O) groups is 1. The molecule has 20 heavy (non-hydrogen) atoms. The minimum Gasteiger partial charge on any atom is -0.370 e. The van der Waals surface area contributed by atoms with Gasteiger partial charge in [0.2, 0.25) is 0 Å². The maximum atomic E-state index is 11.9. The van der Waals surface area contributed by atoms with Crippen LogP contribution in [0.25, 0.3) is 0 Å². The molecule has 0 spiro atoms. The number of ketones is 1. The Morgan fingerprint density at radius 1 is 0.750 bits per heavy atom. The van der Waals surface area contributed by atoms with Crippen molar-refractivity contribution in [1.29, 1.82) is 0 Å². The lowest BCUT2D eigenvalue weighted by molar-refractivity contribution is -0.110. The molecule has 2 saturated carbocycles. The first-order valence-electron chi connectivity index (χ1n) is 7.99. The number of rotatable bonds is 4. The van der Waals surface area contributed by atoms with Crippen LogP contribution >= 0.6 is 0 Å². The molecule has 0 aromatic rings. The molecule has 0 bridgehead atoms. The summed E-state index contributed by atoms with van der Waals surface area (Å²) in [7, 11) is 0. The van der Waals surface area contributed by atoms with Crippen molar-refractivity contribution < 1.29 is 14.3 Å². The van der Waals surface area contributed by atoms with E-state index in [4.69, 9.17) is 9.47 Å². The molecule has 0 aromatic carbocycles. The van der Waals surface area contributed by atoms with Crippen LogP contribution in [-0.2, 0) is 14.3 Å². The Kier molecular flexibility index (Phi) is 3.27. The van der Waals surface area contributed by atoms with Gasteiger partial charge in [0, 0.05) is 0 Å². The second-order valence-electron chi connectivity index (χ2n) is 6.69. The Morgan fingerprint density at radius 2 is 1.25 bits per heavy atom. The van der Waals surface area contributed by atoms with Crippen molar-refractivity contribution in [1.82, 2.24) is 0 Å². The Morgan fingerprint density at radius 3 is 1.70 bits per heavy atom. The molecule has 2 saturated heterocycles. The molecule has 3 nitrogen and oxygen atoms in total. The normalized spacial score (nSPS) is 46.2. The zero-order valence-corrected chi connectivity index (χ0v) is 11.7. The highest BCUT2D eigenvalue weighted by atomic mass is 16.6. The van der Waals surface area contributed by atoms with Crippen molar-refractivity contribution in [3.63, 3.8) is 0 Å². The summed E-state index contributed by atoms with van der Waals surface area (Å²) in [6.45, 7) is 0. The van der Waals surface area contributed by atoms with Crippen LogP contribution in [0.2, 0.25) is 0 Å². The summed E-state index contributed by atoms with van der Waals surface area (Å²) >= 11 is 0. The van der Waals surface area contributed by atoms with E-state index in [1.165, 1.54) is 0 Å². The first-order chi connectivity index (χ1) is 9.78. The van der Waals surface area contributed by atoms with E-state index >= 15 is 0 Å². The zero-order chi connectivity index (χ0) is 13.5. The summed E-state index contributed by atoms with van der Waals surface area (Å²) in [6.07, 6.45) is 16.6.